The molecule has 7 heteroatoms. The van der Waals surface area contributed by atoms with Gasteiger partial charge in [0.2, 0.25) is 5.91 Å². The second kappa shape index (κ2) is 6.19. The first kappa shape index (κ1) is 14.7. The van der Waals surface area contributed by atoms with E-state index in [9.17, 15) is 13.2 Å². The molecule has 2 N–H and O–H groups in total. The van der Waals surface area contributed by atoms with Gasteiger partial charge in [-0.05, 0) is 25.7 Å². The maximum absolute atomic E-state index is 12.6. The number of carbonyl (C=O) groups excluding carboxylic acids is 1. The van der Waals surface area contributed by atoms with Crippen molar-refractivity contribution in [1.29, 1.82) is 0 Å². The number of nitrogens with two attached hydrogens (primary N) is 1. The summed E-state index contributed by atoms with van der Waals surface area (Å²) in [7, 11) is -3.42. The molecule has 0 unspecified atom stereocenters. The first-order valence-electron chi connectivity index (χ1n) is 7.06. The van der Waals surface area contributed by atoms with E-state index in [2.05, 4.69) is 0 Å². The van der Waals surface area contributed by atoms with Gasteiger partial charge < -0.3 is 5.73 Å². The monoisotopic (exact) mass is 289 g/mol. The van der Waals surface area contributed by atoms with Gasteiger partial charge in [0.05, 0.1) is 5.92 Å². The molecule has 2 saturated heterocycles. The van der Waals surface area contributed by atoms with Crippen molar-refractivity contribution in [2.45, 2.75) is 38.5 Å². The van der Waals surface area contributed by atoms with Crippen molar-refractivity contribution in [2.24, 2.45) is 11.7 Å². The van der Waals surface area contributed by atoms with E-state index in [4.69, 9.17) is 5.73 Å². The van der Waals surface area contributed by atoms with Crippen LogP contribution >= 0.6 is 0 Å². The summed E-state index contributed by atoms with van der Waals surface area (Å²) in [5.74, 6) is -0.730. The van der Waals surface area contributed by atoms with Crippen LogP contribution in [0.1, 0.15) is 38.5 Å². The molecule has 2 aliphatic heterocycles. The van der Waals surface area contributed by atoms with Crippen LogP contribution in [0.25, 0.3) is 0 Å². The normalized spacial score (nSPS) is 27.9. The highest BCUT2D eigenvalue weighted by Gasteiger charge is 2.35. The smallest absolute Gasteiger partial charge is 0.281 e. The molecular formula is C12H23N3O3S. The van der Waals surface area contributed by atoms with Crippen molar-refractivity contribution >= 4 is 16.1 Å². The number of primary amides is 1. The number of carbonyl (C=O) groups is 1. The molecular weight excluding hydrogens is 266 g/mol. The molecule has 1 atom stereocenters. The Bertz CT molecular complexity index is 416. The molecule has 0 radical (unpaired) electrons. The molecule has 2 aliphatic rings. The average Bonchev–Trinajstić information content (AvgIpc) is 2.68. The van der Waals surface area contributed by atoms with E-state index in [1.165, 1.54) is 4.31 Å². The zero-order valence-corrected chi connectivity index (χ0v) is 12.1. The van der Waals surface area contributed by atoms with Crippen LogP contribution in [0.4, 0.5) is 0 Å². The molecule has 1 amide bonds. The third-order valence-electron chi connectivity index (χ3n) is 4.00. The SMILES string of the molecule is NC(=O)[C@H]1CCCN(S(=O)(=O)N2CCCCCC2)C1. The molecule has 0 spiro atoms. The van der Waals surface area contributed by atoms with E-state index < -0.39 is 16.1 Å². The fourth-order valence-corrected chi connectivity index (χ4v) is 4.59. The summed E-state index contributed by atoms with van der Waals surface area (Å²) in [6.07, 6.45) is 5.44. The fourth-order valence-electron chi connectivity index (χ4n) is 2.82. The molecule has 2 fully saturated rings. The van der Waals surface area contributed by atoms with Gasteiger partial charge in [0, 0.05) is 26.2 Å². The van der Waals surface area contributed by atoms with Crippen molar-refractivity contribution in [3.05, 3.63) is 0 Å². The lowest BCUT2D eigenvalue weighted by molar-refractivity contribution is -0.122. The van der Waals surface area contributed by atoms with Gasteiger partial charge in [-0.3, -0.25) is 4.79 Å². The van der Waals surface area contributed by atoms with Gasteiger partial charge in [-0.1, -0.05) is 12.8 Å². The summed E-state index contributed by atoms with van der Waals surface area (Å²) in [6.45, 7) is 1.94. The van der Waals surface area contributed by atoms with Gasteiger partial charge in [0.1, 0.15) is 0 Å². The quantitative estimate of drug-likeness (QED) is 0.811. The molecule has 0 aliphatic carbocycles. The Labute approximate surface area is 115 Å². The zero-order valence-electron chi connectivity index (χ0n) is 11.3. The Morgan fingerprint density at radius 3 is 2.11 bits per heavy atom. The molecule has 0 bridgehead atoms. The van der Waals surface area contributed by atoms with Gasteiger partial charge in [0.25, 0.3) is 10.2 Å². The lowest BCUT2D eigenvalue weighted by Crippen LogP contribution is -2.50. The largest absolute Gasteiger partial charge is 0.369 e. The second-order valence-electron chi connectivity index (χ2n) is 5.42. The van der Waals surface area contributed by atoms with Gasteiger partial charge in [-0.15, -0.1) is 0 Å². The van der Waals surface area contributed by atoms with Crippen LogP contribution in [0, 0.1) is 5.92 Å². The molecule has 0 aromatic carbocycles. The Kier molecular flexibility index (Phi) is 4.81. The van der Waals surface area contributed by atoms with E-state index in [1.807, 2.05) is 0 Å². The van der Waals surface area contributed by atoms with E-state index >= 15 is 0 Å². The third-order valence-corrected chi connectivity index (χ3v) is 6.01. The highest BCUT2D eigenvalue weighted by Crippen LogP contribution is 2.22. The minimum absolute atomic E-state index is 0.244. The summed E-state index contributed by atoms with van der Waals surface area (Å²) in [5, 5.41) is 0. The van der Waals surface area contributed by atoms with Crippen LogP contribution in [0.3, 0.4) is 0 Å². The first-order chi connectivity index (χ1) is 9.01. The van der Waals surface area contributed by atoms with E-state index in [-0.39, 0.29) is 12.5 Å². The molecule has 19 heavy (non-hydrogen) atoms. The summed E-state index contributed by atoms with van der Waals surface area (Å²) < 4.78 is 28.1. The fraction of sp³-hybridized carbons (Fsp3) is 0.917. The van der Waals surface area contributed by atoms with E-state index in [1.54, 1.807) is 4.31 Å². The van der Waals surface area contributed by atoms with Crippen molar-refractivity contribution in [3.8, 4) is 0 Å². The highest BCUT2D eigenvalue weighted by atomic mass is 32.2. The topological polar surface area (TPSA) is 83.7 Å². The van der Waals surface area contributed by atoms with Crippen LogP contribution in [0.15, 0.2) is 0 Å². The molecule has 110 valence electrons. The van der Waals surface area contributed by atoms with E-state index in [0.717, 1.165) is 25.7 Å². The van der Waals surface area contributed by atoms with Crippen LogP contribution in [-0.4, -0.2) is 49.1 Å². The van der Waals surface area contributed by atoms with Gasteiger partial charge >= 0.3 is 0 Å². The maximum Gasteiger partial charge on any atom is 0.281 e. The number of nitrogens with zero attached hydrogens (tertiary/aromatic N) is 2. The lowest BCUT2D eigenvalue weighted by Gasteiger charge is -2.34. The third kappa shape index (κ3) is 3.46. The first-order valence-corrected chi connectivity index (χ1v) is 8.46. The summed E-state index contributed by atoms with van der Waals surface area (Å²) >= 11 is 0. The van der Waals surface area contributed by atoms with E-state index in [0.29, 0.717) is 32.5 Å². The van der Waals surface area contributed by atoms with Crippen LogP contribution in [0.2, 0.25) is 0 Å². The van der Waals surface area contributed by atoms with Gasteiger partial charge in [-0.25, -0.2) is 0 Å². The summed E-state index contributed by atoms with van der Waals surface area (Å²) in [5.41, 5.74) is 5.30. The molecule has 6 nitrogen and oxygen atoms in total. The Balaban J connectivity index is 2.07. The summed E-state index contributed by atoms with van der Waals surface area (Å²) in [6, 6.07) is 0. The maximum atomic E-state index is 12.6. The van der Waals surface area contributed by atoms with Crippen LogP contribution in [0.5, 0.6) is 0 Å². The van der Waals surface area contributed by atoms with Crippen molar-refractivity contribution in [3.63, 3.8) is 0 Å². The number of hydrogen-bond acceptors (Lipinski definition) is 3. The molecule has 0 aromatic rings. The number of hydrogen-bond donors (Lipinski definition) is 1. The lowest BCUT2D eigenvalue weighted by atomic mass is 9.99. The Morgan fingerprint density at radius 2 is 1.53 bits per heavy atom. The minimum atomic E-state index is -3.42. The van der Waals surface area contributed by atoms with Crippen molar-refractivity contribution in [1.82, 2.24) is 8.61 Å². The second-order valence-corrected chi connectivity index (χ2v) is 7.35. The van der Waals surface area contributed by atoms with Crippen LogP contribution < -0.4 is 5.73 Å². The van der Waals surface area contributed by atoms with Crippen molar-refractivity contribution < 1.29 is 13.2 Å². The number of piperidine rings is 1. The predicted molar refractivity (Wildman–Crippen MR) is 72.5 cm³/mol. The van der Waals surface area contributed by atoms with Crippen molar-refractivity contribution in [2.75, 3.05) is 26.2 Å². The molecule has 2 heterocycles. The Hall–Kier alpha value is -0.660. The standard InChI is InChI=1S/C12H23N3O3S/c13-12(16)11-6-5-9-15(10-11)19(17,18)14-7-3-1-2-4-8-14/h11H,1-10H2,(H2,13,16)/t11-/m0/s1. The van der Waals surface area contributed by atoms with Gasteiger partial charge in [-0.2, -0.15) is 17.0 Å². The number of amides is 1. The Morgan fingerprint density at radius 1 is 0.947 bits per heavy atom. The predicted octanol–water partition coefficient (Wildman–Crippen LogP) is 0.305. The van der Waals surface area contributed by atoms with Gasteiger partial charge in [0.15, 0.2) is 0 Å². The molecule has 2 rings (SSSR count). The zero-order chi connectivity index (χ0) is 13.9. The van der Waals surface area contributed by atoms with Crippen LogP contribution in [-0.2, 0) is 15.0 Å². The number of rotatable bonds is 3. The average molecular weight is 289 g/mol. The summed E-state index contributed by atoms with van der Waals surface area (Å²) in [4.78, 5) is 11.2. The molecule has 0 saturated carbocycles. The molecule has 0 aromatic heterocycles. The minimum Gasteiger partial charge on any atom is -0.369 e. The highest BCUT2D eigenvalue weighted by molar-refractivity contribution is 7.86.